The summed E-state index contributed by atoms with van der Waals surface area (Å²) < 4.78 is 18.5. The van der Waals surface area contributed by atoms with E-state index in [1.165, 1.54) is 12.1 Å². The van der Waals surface area contributed by atoms with Gasteiger partial charge in [0, 0.05) is 6.07 Å². The van der Waals surface area contributed by atoms with E-state index in [2.05, 4.69) is 15.9 Å². The van der Waals surface area contributed by atoms with E-state index in [-0.39, 0.29) is 5.82 Å². The summed E-state index contributed by atoms with van der Waals surface area (Å²) in [5.41, 5.74) is 0. The van der Waals surface area contributed by atoms with Crippen LogP contribution in [-0.2, 0) is 0 Å². The molecule has 0 atom stereocenters. The fourth-order valence-electron chi connectivity index (χ4n) is 0.743. The topological polar surface area (TPSA) is 9.23 Å². The predicted octanol–water partition coefficient (Wildman–Crippen LogP) is 2.99. The predicted molar refractivity (Wildman–Crippen MR) is 45.3 cm³/mol. The molecule has 0 radical (unpaired) electrons. The van der Waals surface area contributed by atoms with E-state index in [0.717, 1.165) is 4.47 Å². The van der Waals surface area contributed by atoms with Gasteiger partial charge in [0.2, 0.25) is 0 Å². The molecule has 0 aliphatic rings. The highest BCUT2D eigenvalue weighted by molar-refractivity contribution is 9.10. The highest BCUT2D eigenvalue weighted by Crippen LogP contribution is 2.25. The van der Waals surface area contributed by atoms with Crippen LogP contribution in [-0.4, -0.2) is 6.61 Å². The van der Waals surface area contributed by atoms with Crippen LogP contribution in [0.25, 0.3) is 0 Å². The molecule has 3 heteroatoms. The summed E-state index contributed by atoms with van der Waals surface area (Å²) >= 11 is 3.24. The lowest BCUT2D eigenvalue weighted by Gasteiger charge is -2.04. The Labute approximate surface area is 73.3 Å². The van der Waals surface area contributed by atoms with Crippen molar-refractivity contribution in [2.75, 3.05) is 6.61 Å². The van der Waals surface area contributed by atoms with Crippen LogP contribution >= 0.6 is 15.9 Å². The van der Waals surface area contributed by atoms with Crippen molar-refractivity contribution in [3.05, 3.63) is 28.5 Å². The zero-order valence-electron chi connectivity index (χ0n) is 6.10. The summed E-state index contributed by atoms with van der Waals surface area (Å²) in [6.07, 6.45) is 0. The van der Waals surface area contributed by atoms with Crippen LogP contribution in [0.3, 0.4) is 0 Å². The van der Waals surface area contributed by atoms with Crippen molar-refractivity contribution in [1.29, 1.82) is 0 Å². The van der Waals surface area contributed by atoms with Crippen LogP contribution in [0.2, 0.25) is 0 Å². The number of hydrogen-bond donors (Lipinski definition) is 0. The first-order valence-corrected chi connectivity index (χ1v) is 4.11. The van der Waals surface area contributed by atoms with Crippen molar-refractivity contribution in [3.63, 3.8) is 0 Å². The maximum Gasteiger partial charge on any atom is 0.136 e. The highest BCUT2D eigenvalue weighted by atomic mass is 79.9. The first-order chi connectivity index (χ1) is 5.24. The molecule has 1 aromatic rings. The van der Waals surface area contributed by atoms with E-state index in [1.807, 2.05) is 6.92 Å². The molecule has 0 N–H and O–H groups in total. The Bertz CT molecular complexity index is 250. The average molecular weight is 219 g/mol. The van der Waals surface area contributed by atoms with Gasteiger partial charge >= 0.3 is 0 Å². The van der Waals surface area contributed by atoms with E-state index in [9.17, 15) is 4.39 Å². The van der Waals surface area contributed by atoms with Gasteiger partial charge in [0.15, 0.2) is 0 Å². The molecule has 1 aromatic carbocycles. The third-order valence-corrected chi connectivity index (χ3v) is 1.85. The molecule has 0 aliphatic heterocycles. The van der Waals surface area contributed by atoms with Gasteiger partial charge in [-0.25, -0.2) is 4.39 Å². The molecule has 0 heterocycles. The van der Waals surface area contributed by atoms with Crippen molar-refractivity contribution in [2.45, 2.75) is 6.92 Å². The third-order valence-electron chi connectivity index (χ3n) is 1.19. The van der Waals surface area contributed by atoms with Crippen molar-refractivity contribution >= 4 is 15.9 Å². The Morgan fingerprint density at radius 1 is 1.55 bits per heavy atom. The van der Waals surface area contributed by atoms with Crippen molar-refractivity contribution in [2.24, 2.45) is 0 Å². The Balaban J connectivity index is 2.93. The zero-order valence-corrected chi connectivity index (χ0v) is 7.69. The minimum absolute atomic E-state index is 0.281. The summed E-state index contributed by atoms with van der Waals surface area (Å²) in [7, 11) is 0. The normalized spacial score (nSPS) is 9.73. The molecule has 0 spiro atoms. The van der Waals surface area contributed by atoms with E-state index >= 15 is 0 Å². The summed E-state index contributed by atoms with van der Waals surface area (Å²) in [5, 5.41) is 0. The van der Waals surface area contributed by atoms with Crippen LogP contribution in [0, 0.1) is 5.82 Å². The van der Waals surface area contributed by atoms with Gasteiger partial charge in [-0.3, -0.25) is 0 Å². The maximum absolute atomic E-state index is 12.6. The largest absolute Gasteiger partial charge is 0.493 e. The van der Waals surface area contributed by atoms with Crippen LogP contribution in [0.5, 0.6) is 5.75 Å². The van der Waals surface area contributed by atoms with Gasteiger partial charge in [0.1, 0.15) is 11.6 Å². The lowest BCUT2D eigenvalue weighted by atomic mass is 10.3. The second-order valence-electron chi connectivity index (χ2n) is 2.01. The molecule has 1 rings (SSSR count). The average Bonchev–Trinajstić information content (AvgIpc) is 1.98. The summed E-state index contributed by atoms with van der Waals surface area (Å²) in [6.45, 7) is 2.40. The van der Waals surface area contributed by atoms with E-state index < -0.39 is 0 Å². The molecule has 0 saturated heterocycles. The molecule has 0 fully saturated rings. The van der Waals surface area contributed by atoms with Gasteiger partial charge in [-0.15, -0.1) is 0 Å². The lowest BCUT2D eigenvalue weighted by molar-refractivity contribution is 0.336. The summed E-state index contributed by atoms with van der Waals surface area (Å²) in [5.74, 6) is 0.268. The Hall–Kier alpha value is -0.570. The van der Waals surface area contributed by atoms with E-state index in [1.54, 1.807) is 6.07 Å². The van der Waals surface area contributed by atoms with Gasteiger partial charge in [-0.1, -0.05) is 0 Å². The fraction of sp³-hybridized carbons (Fsp3) is 0.250. The molecule has 0 saturated carbocycles. The number of benzene rings is 1. The second-order valence-corrected chi connectivity index (χ2v) is 2.86. The molecular formula is C8H8BrFO. The van der Waals surface area contributed by atoms with Crippen molar-refractivity contribution in [3.8, 4) is 5.75 Å². The monoisotopic (exact) mass is 218 g/mol. The summed E-state index contributed by atoms with van der Waals surface area (Å²) in [4.78, 5) is 0. The zero-order chi connectivity index (χ0) is 8.27. The second kappa shape index (κ2) is 3.72. The molecule has 0 aliphatic carbocycles. The molecule has 1 nitrogen and oxygen atoms in total. The third kappa shape index (κ3) is 2.19. The van der Waals surface area contributed by atoms with Gasteiger partial charge in [0.05, 0.1) is 11.1 Å². The van der Waals surface area contributed by atoms with E-state index in [0.29, 0.717) is 12.4 Å². The standard InChI is InChI=1S/C8H8BrFO/c1-2-11-8-5-6(10)3-4-7(8)9/h3-5H,2H2,1H3. The molecule has 0 aromatic heterocycles. The van der Waals surface area contributed by atoms with Gasteiger partial charge < -0.3 is 4.74 Å². The Kier molecular flexibility index (Phi) is 2.88. The molecule has 60 valence electrons. The van der Waals surface area contributed by atoms with Crippen molar-refractivity contribution in [1.82, 2.24) is 0 Å². The lowest BCUT2D eigenvalue weighted by Crippen LogP contribution is -1.92. The van der Waals surface area contributed by atoms with E-state index in [4.69, 9.17) is 4.74 Å². The molecule has 0 amide bonds. The number of halogens is 2. The molecular weight excluding hydrogens is 211 g/mol. The van der Waals surface area contributed by atoms with Crippen LogP contribution in [0.15, 0.2) is 22.7 Å². The van der Waals surface area contributed by atoms with Gasteiger partial charge in [0.25, 0.3) is 0 Å². The highest BCUT2D eigenvalue weighted by Gasteiger charge is 2.00. The van der Waals surface area contributed by atoms with Crippen LogP contribution < -0.4 is 4.74 Å². The number of rotatable bonds is 2. The smallest absolute Gasteiger partial charge is 0.136 e. The van der Waals surface area contributed by atoms with Crippen LogP contribution in [0.4, 0.5) is 4.39 Å². The minimum Gasteiger partial charge on any atom is -0.493 e. The van der Waals surface area contributed by atoms with Gasteiger partial charge in [-0.05, 0) is 35.0 Å². The summed E-state index contributed by atoms with van der Waals surface area (Å²) in [6, 6.07) is 4.36. The number of hydrogen-bond acceptors (Lipinski definition) is 1. The quantitative estimate of drug-likeness (QED) is 0.742. The first-order valence-electron chi connectivity index (χ1n) is 3.32. The van der Waals surface area contributed by atoms with Crippen molar-refractivity contribution < 1.29 is 9.13 Å². The minimum atomic E-state index is -0.281. The molecule has 0 unspecified atom stereocenters. The van der Waals surface area contributed by atoms with Gasteiger partial charge in [-0.2, -0.15) is 0 Å². The fourth-order valence-corrected chi connectivity index (χ4v) is 1.10. The SMILES string of the molecule is CCOc1cc(F)ccc1Br. The molecule has 0 bridgehead atoms. The Morgan fingerprint density at radius 3 is 2.91 bits per heavy atom. The number of ether oxygens (including phenoxy) is 1. The molecule has 11 heavy (non-hydrogen) atoms. The Morgan fingerprint density at radius 2 is 2.27 bits per heavy atom. The maximum atomic E-state index is 12.6. The first kappa shape index (κ1) is 8.53. The van der Waals surface area contributed by atoms with Crippen LogP contribution in [0.1, 0.15) is 6.92 Å².